The number of halogens is 4. The molecule has 0 aliphatic heterocycles. The minimum Gasteiger partial charge on any atom is -0.507 e. The van der Waals surface area contributed by atoms with Crippen molar-refractivity contribution in [3.8, 4) is 5.75 Å². The third-order valence-corrected chi connectivity index (χ3v) is 2.06. The Hall–Kier alpha value is -1.83. The fourth-order valence-electron chi connectivity index (χ4n) is 1.21. The molecular weight excluding hydrogens is 246 g/mol. The van der Waals surface area contributed by atoms with Gasteiger partial charge in [-0.25, -0.2) is 9.18 Å². The van der Waals surface area contributed by atoms with Gasteiger partial charge >= 0.3 is 12.1 Å². The highest BCUT2D eigenvalue weighted by atomic mass is 19.4. The van der Waals surface area contributed by atoms with Gasteiger partial charge in [0.1, 0.15) is 23.2 Å². The fourth-order valence-corrected chi connectivity index (χ4v) is 1.21. The number of aromatic carboxylic acids is 1. The van der Waals surface area contributed by atoms with E-state index in [0.29, 0.717) is 12.1 Å². The molecule has 0 saturated heterocycles. The van der Waals surface area contributed by atoms with E-state index in [0.717, 1.165) is 0 Å². The maximum absolute atomic E-state index is 13.0. The molecule has 0 unspecified atom stereocenters. The lowest BCUT2D eigenvalue weighted by Crippen LogP contribution is -2.28. The normalized spacial score (nSPS) is 13.5. The zero-order valence-corrected chi connectivity index (χ0v) is 8.12. The van der Waals surface area contributed by atoms with Crippen molar-refractivity contribution in [3.05, 3.63) is 29.1 Å². The second kappa shape index (κ2) is 4.21. The molecule has 94 valence electrons. The molecule has 1 aromatic carbocycles. The van der Waals surface area contributed by atoms with Crippen LogP contribution in [-0.2, 0) is 0 Å². The van der Waals surface area contributed by atoms with Gasteiger partial charge in [-0.05, 0) is 6.07 Å². The van der Waals surface area contributed by atoms with Crippen molar-refractivity contribution in [1.82, 2.24) is 0 Å². The smallest absolute Gasteiger partial charge is 0.407 e. The number of benzene rings is 1. The Kier molecular flexibility index (Phi) is 3.28. The second-order valence-corrected chi connectivity index (χ2v) is 3.18. The van der Waals surface area contributed by atoms with Gasteiger partial charge in [-0.3, -0.25) is 0 Å². The van der Waals surface area contributed by atoms with Gasteiger partial charge in [0, 0.05) is 5.56 Å². The first-order chi connectivity index (χ1) is 7.66. The Morgan fingerprint density at radius 3 is 2.29 bits per heavy atom. The summed E-state index contributed by atoms with van der Waals surface area (Å²) in [6.07, 6.45) is -4.87. The van der Waals surface area contributed by atoms with E-state index in [2.05, 4.69) is 0 Å². The van der Waals surface area contributed by atoms with E-state index < -0.39 is 40.9 Å². The molecule has 0 amide bonds. The monoisotopic (exact) mass is 253 g/mol. The maximum atomic E-state index is 13.0. The van der Waals surface area contributed by atoms with Crippen molar-refractivity contribution < 1.29 is 32.6 Å². The molecule has 0 fully saturated rings. The van der Waals surface area contributed by atoms with E-state index in [1.165, 1.54) is 0 Å². The van der Waals surface area contributed by atoms with E-state index >= 15 is 0 Å². The van der Waals surface area contributed by atoms with Crippen LogP contribution in [0.5, 0.6) is 5.75 Å². The van der Waals surface area contributed by atoms with Crippen molar-refractivity contribution in [2.24, 2.45) is 5.73 Å². The molecule has 0 heterocycles. The van der Waals surface area contributed by atoms with Gasteiger partial charge in [-0.15, -0.1) is 0 Å². The Bertz CT molecular complexity index is 458. The van der Waals surface area contributed by atoms with Crippen molar-refractivity contribution >= 4 is 5.97 Å². The number of hydrogen-bond acceptors (Lipinski definition) is 3. The van der Waals surface area contributed by atoms with Gasteiger partial charge in [0.2, 0.25) is 0 Å². The molecule has 0 aromatic heterocycles. The van der Waals surface area contributed by atoms with Gasteiger partial charge in [0.15, 0.2) is 0 Å². The number of aromatic hydroxyl groups is 1. The quantitative estimate of drug-likeness (QED) is 0.701. The van der Waals surface area contributed by atoms with Crippen LogP contribution in [0.3, 0.4) is 0 Å². The van der Waals surface area contributed by atoms with Crippen molar-refractivity contribution in [2.45, 2.75) is 12.2 Å². The summed E-state index contributed by atoms with van der Waals surface area (Å²) in [5.74, 6) is -4.54. The van der Waals surface area contributed by atoms with E-state index in [1.807, 2.05) is 0 Å². The summed E-state index contributed by atoms with van der Waals surface area (Å²) in [5, 5.41) is 17.8. The Morgan fingerprint density at radius 1 is 1.35 bits per heavy atom. The Labute approximate surface area is 92.3 Å². The van der Waals surface area contributed by atoms with Gasteiger partial charge in [-0.1, -0.05) is 6.07 Å². The molecule has 0 aliphatic carbocycles. The lowest BCUT2D eigenvalue weighted by atomic mass is 10.0. The second-order valence-electron chi connectivity index (χ2n) is 3.18. The van der Waals surface area contributed by atoms with Crippen LogP contribution in [0.15, 0.2) is 12.1 Å². The number of carbonyl (C=O) groups is 1. The highest BCUT2D eigenvalue weighted by Crippen LogP contribution is 2.37. The molecule has 0 saturated carbocycles. The van der Waals surface area contributed by atoms with Gasteiger partial charge in [0.05, 0.1) is 0 Å². The zero-order valence-electron chi connectivity index (χ0n) is 8.12. The maximum Gasteiger partial charge on any atom is 0.407 e. The summed E-state index contributed by atoms with van der Waals surface area (Å²) < 4.78 is 49.8. The standard InChI is InChI=1S/C9H7F4NO3/c10-4-2-1-3(7(14)9(11,12)13)6(15)5(4)8(16)17/h1-2,7,15H,14H2,(H,16,17)/t7-/m0/s1. The van der Waals surface area contributed by atoms with Gasteiger partial charge < -0.3 is 15.9 Å². The van der Waals surface area contributed by atoms with E-state index in [4.69, 9.17) is 10.8 Å². The van der Waals surface area contributed by atoms with E-state index in [-0.39, 0.29) is 0 Å². The average Bonchev–Trinajstić information content (AvgIpc) is 2.15. The van der Waals surface area contributed by atoms with Crippen LogP contribution < -0.4 is 5.73 Å². The topological polar surface area (TPSA) is 83.6 Å². The van der Waals surface area contributed by atoms with Crippen LogP contribution in [0.25, 0.3) is 0 Å². The predicted molar refractivity (Wildman–Crippen MR) is 48.0 cm³/mol. The number of alkyl halides is 3. The highest BCUT2D eigenvalue weighted by molar-refractivity contribution is 5.91. The molecule has 1 aromatic rings. The number of nitrogens with two attached hydrogens (primary N) is 1. The van der Waals surface area contributed by atoms with E-state index in [1.54, 1.807) is 0 Å². The van der Waals surface area contributed by atoms with Crippen molar-refractivity contribution in [3.63, 3.8) is 0 Å². The van der Waals surface area contributed by atoms with E-state index in [9.17, 15) is 27.5 Å². The number of rotatable bonds is 2. The van der Waals surface area contributed by atoms with Crippen molar-refractivity contribution in [2.75, 3.05) is 0 Å². The third-order valence-electron chi connectivity index (χ3n) is 2.06. The first-order valence-corrected chi connectivity index (χ1v) is 4.23. The van der Waals surface area contributed by atoms with Crippen LogP contribution in [0.2, 0.25) is 0 Å². The molecule has 0 bridgehead atoms. The minimum atomic E-state index is -4.87. The molecule has 17 heavy (non-hydrogen) atoms. The summed E-state index contributed by atoms with van der Waals surface area (Å²) in [6.45, 7) is 0. The minimum absolute atomic E-state index is 0.504. The lowest BCUT2D eigenvalue weighted by molar-refractivity contribution is -0.149. The summed E-state index contributed by atoms with van der Waals surface area (Å²) in [5.41, 5.74) is 2.67. The van der Waals surface area contributed by atoms with Gasteiger partial charge in [-0.2, -0.15) is 13.2 Å². The first-order valence-electron chi connectivity index (χ1n) is 4.23. The molecule has 0 spiro atoms. The van der Waals surface area contributed by atoms with Crippen molar-refractivity contribution in [1.29, 1.82) is 0 Å². The first kappa shape index (κ1) is 13.2. The SMILES string of the molecule is N[C@@H](c1ccc(F)c(C(=O)O)c1O)C(F)(F)F. The largest absolute Gasteiger partial charge is 0.507 e. The summed E-state index contributed by atoms with van der Waals surface area (Å²) >= 11 is 0. The van der Waals surface area contributed by atoms with Crippen LogP contribution in [0.1, 0.15) is 22.0 Å². The number of carboxylic acid groups (broad SMARTS) is 1. The van der Waals surface area contributed by atoms with Crippen LogP contribution >= 0.6 is 0 Å². The zero-order chi connectivity index (χ0) is 13.4. The number of phenols is 1. The highest BCUT2D eigenvalue weighted by Gasteiger charge is 2.40. The number of hydrogen-bond donors (Lipinski definition) is 3. The Morgan fingerprint density at radius 2 is 1.88 bits per heavy atom. The summed E-state index contributed by atoms with van der Waals surface area (Å²) in [6, 6.07) is -1.49. The lowest BCUT2D eigenvalue weighted by Gasteiger charge is -2.17. The molecule has 1 atom stereocenters. The fraction of sp³-hybridized carbons (Fsp3) is 0.222. The summed E-state index contributed by atoms with van der Waals surface area (Å²) in [4.78, 5) is 10.5. The molecule has 0 radical (unpaired) electrons. The average molecular weight is 253 g/mol. The summed E-state index contributed by atoms with van der Waals surface area (Å²) in [7, 11) is 0. The third kappa shape index (κ3) is 2.47. The van der Waals surface area contributed by atoms with Crippen LogP contribution in [0.4, 0.5) is 17.6 Å². The molecule has 4 N–H and O–H groups in total. The van der Waals surface area contributed by atoms with Crippen LogP contribution in [-0.4, -0.2) is 22.4 Å². The molecule has 4 nitrogen and oxygen atoms in total. The molecule has 8 heteroatoms. The van der Waals surface area contributed by atoms with Crippen LogP contribution in [0, 0.1) is 5.82 Å². The number of carboxylic acids is 1. The molecule has 1 rings (SSSR count). The van der Waals surface area contributed by atoms with Gasteiger partial charge in [0.25, 0.3) is 0 Å². The molecular formula is C9H7F4NO3. The molecule has 0 aliphatic rings. The predicted octanol–water partition coefficient (Wildman–Crippen LogP) is 1.79. The Balaban J connectivity index is 3.39.